The molecule has 0 aliphatic carbocycles. The van der Waals surface area contributed by atoms with Gasteiger partial charge in [-0.05, 0) is 24.3 Å². The van der Waals surface area contributed by atoms with Gasteiger partial charge in [0.15, 0.2) is 5.82 Å². The second kappa shape index (κ2) is 6.50. The van der Waals surface area contributed by atoms with Crippen LogP contribution >= 0.6 is 0 Å². The number of aromatic nitrogens is 2. The molecule has 0 aromatic carbocycles. The Morgan fingerprint density at radius 1 is 1.29 bits per heavy atom. The predicted molar refractivity (Wildman–Crippen MR) is 86.1 cm³/mol. The molecule has 0 radical (unpaired) electrons. The Balaban J connectivity index is 1.91. The van der Waals surface area contributed by atoms with Gasteiger partial charge in [0.2, 0.25) is 0 Å². The number of ether oxygens (including phenoxy) is 1. The number of hydrogen-bond acceptors (Lipinski definition) is 4. The molecule has 0 amide bonds. The van der Waals surface area contributed by atoms with Gasteiger partial charge in [-0.3, -0.25) is 0 Å². The molecule has 0 saturated carbocycles. The molecule has 0 spiro atoms. The summed E-state index contributed by atoms with van der Waals surface area (Å²) in [5.41, 5.74) is 0.855. The highest BCUT2D eigenvalue weighted by Crippen LogP contribution is 2.21. The van der Waals surface area contributed by atoms with Crippen molar-refractivity contribution in [2.45, 2.75) is 19.2 Å². The third kappa shape index (κ3) is 3.28. The lowest BCUT2D eigenvalue weighted by Gasteiger charge is -2.26. The van der Waals surface area contributed by atoms with E-state index in [0.717, 1.165) is 10.00 Å². The molecule has 9 heteroatoms. The number of pyridine rings is 1. The van der Waals surface area contributed by atoms with Crippen LogP contribution in [0.5, 0.6) is 5.88 Å². The average Bonchev–Trinajstić information content (AvgIpc) is 2.88. The Bertz CT molecular complexity index is 822. The van der Waals surface area contributed by atoms with E-state index in [-0.39, 0.29) is 19.0 Å². The van der Waals surface area contributed by atoms with E-state index in [2.05, 4.69) is 4.98 Å². The molecule has 0 fully saturated rings. The van der Waals surface area contributed by atoms with Crippen LogP contribution in [0.1, 0.15) is 5.69 Å². The fraction of sp³-hybridized carbons (Fsp3) is 0.400. The van der Waals surface area contributed by atoms with Crippen LogP contribution in [-0.2, 0) is 23.3 Å². The summed E-state index contributed by atoms with van der Waals surface area (Å²) in [6, 6.07) is 6.44. The molecular formula is C15H19FN4O3S. The normalized spacial score (nSPS) is 19.1. The zero-order valence-corrected chi connectivity index (χ0v) is 14.3. The highest BCUT2D eigenvalue weighted by atomic mass is 32.2. The van der Waals surface area contributed by atoms with E-state index in [4.69, 9.17) is 4.74 Å². The molecular weight excluding hydrogens is 335 g/mol. The van der Waals surface area contributed by atoms with Crippen molar-refractivity contribution < 1.29 is 17.5 Å². The first-order chi connectivity index (χ1) is 11.4. The minimum atomic E-state index is -3.62. The quantitative estimate of drug-likeness (QED) is 0.824. The largest absolute Gasteiger partial charge is 0.469 e. The van der Waals surface area contributed by atoms with Crippen LogP contribution in [0.4, 0.5) is 4.39 Å². The third-order valence-electron chi connectivity index (χ3n) is 3.86. The second-order valence-electron chi connectivity index (χ2n) is 5.76. The first kappa shape index (κ1) is 16.9. The third-order valence-corrected chi connectivity index (χ3v) is 5.71. The van der Waals surface area contributed by atoms with Crippen LogP contribution in [0.3, 0.4) is 0 Å². The number of hydrogen-bond donors (Lipinski definition) is 0. The summed E-state index contributed by atoms with van der Waals surface area (Å²) >= 11 is 0. The number of halogens is 1. The van der Waals surface area contributed by atoms with Crippen LogP contribution in [0.2, 0.25) is 0 Å². The lowest BCUT2D eigenvalue weighted by molar-refractivity contribution is 0.146. The summed E-state index contributed by atoms with van der Waals surface area (Å²) < 4.78 is 48.9. The molecule has 0 bridgehead atoms. The standard InChI is InChI=1S/C15H19FN4O3S/c1-18(2)24(21,22)20-9-12-5-4-8-19(12)10-13(11-20)23-15-14(16)6-3-7-17-15/h3-8,13H,9-11H2,1-2H3/t13-/m1/s1. The first-order valence-electron chi connectivity index (χ1n) is 7.46. The van der Waals surface area contributed by atoms with Gasteiger partial charge in [-0.25, -0.2) is 9.37 Å². The zero-order chi connectivity index (χ0) is 17.3. The summed E-state index contributed by atoms with van der Waals surface area (Å²) in [6.45, 7) is 0.758. The molecule has 3 heterocycles. The maximum Gasteiger partial charge on any atom is 0.281 e. The van der Waals surface area contributed by atoms with Crippen LogP contribution in [0.25, 0.3) is 0 Å². The summed E-state index contributed by atoms with van der Waals surface area (Å²) in [6.07, 6.45) is 2.73. The molecule has 2 aromatic rings. The Labute approximate surface area is 140 Å². The van der Waals surface area contributed by atoms with Crippen molar-refractivity contribution in [3.63, 3.8) is 0 Å². The number of nitrogens with zero attached hydrogens (tertiary/aromatic N) is 4. The molecule has 24 heavy (non-hydrogen) atoms. The fourth-order valence-electron chi connectivity index (χ4n) is 2.62. The van der Waals surface area contributed by atoms with Crippen molar-refractivity contribution in [3.8, 4) is 5.88 Å². The Hall–Kier alpha value is -1.97. The molecule has 1 aliphatic rings. The van der Waals surface area contributed by atoms with E-state index in [1.165, 1.54) is 36.7 Å². The molecule has 2 aromatic heterocycles. The molecule has 7 nitrogen and oxygen atoms in total. The van der Waals surface area contributed by atoms with Crippen LogP contribution in [0, 0.1) is 5.82 Å². The van der Waals surface area contributed by atoms with E-state index in [0.29, 0.717) is 6.54 Å². The van der Waals surface area contributed by atoms with Gasteiger partial charge >= 0.3 is 0 Å². The summed E-state index contributed by atoms with van der Waals surface area (Å²) in [4.78, 5) is 3.88. The van der Waals surface area contributed by atoms with E-state index in [1.807, 2.05) is 22.9 Å². The summed E-state index contributed by atoms with van der Waals surface area (Å²) in [5, 5.41) is 0. The lowest BCUT2D eigenvalue weighted by atomic mass is 10.3. The highest BCUT2D eigenvalue weighted by Gasteiger charge is 2.32. The van der Waals surface area contributed by atoms with Gasteiger partial charge in [-0.2, -0.15) is 17.0 Å². The van der Waals surface area contributed by atoms with Crippen molar-refractivity contribution in [1.82, 2.24) is 18.2 Å². The van der Waals surface area contributed by atoms with Crippen molar-refractivity contribution in [3.05, 3.63) is 48.2 Å². The van der Waals surface area contributed by atoms with Gasteiger partial charge in [0.25, 0.3) is 16.1 Å². The number of rotatable bonds is 4. The monoisotopic (exact) mass is 354 g/mol. The molecule has 1 aliphatic heterocycles. The molecule has 0 unspecified atom stereocenters. The minimum absolute atomic E-state index is 0.109. The van der Waals surface area contributed by atoms with Gasteiger partial charge in [0.1, 0.15) is 6.10 Å². The summed E-state index contributed by atoms with van der Waals surface area (Å²) in [5.74, 6) is -0.697. The molecule has 3 rings (SSSR count). The van der Waals surface area contributed by atoms with Crippen LogP contribution in [0.15, 0.2) is 36.7 Å². The van der Waals surface area contributed by atoms with E-state index in [9.17, 15) is 12.8 Å². The molecule has 130 valence electrons. The van der Waals surface area contributed by atoms with E-state index in [1.54, 1.807) is 0 Å². The van der Waals surface area contributed by atoms with Gasteiger partial charge < -0.3 is 9.30 Å². The maximum atomic E-state index is 13.8. The van der Waals surface area contributed by atoms with Crippen LogP contribution in [-0.4, -0.2) is 53.3 Å². The van der Waals surface area contributed by atoms with Crippen molar-refractivity contribution in [2.24, 2.45) is 0 Å². The highest BCUT2D eigenvalue weighted by molar-refractivity contribution is 7.86. The number of fused-ring (bicyclic) bond motifs is 1. The van der Waals surface area contributed by atoms with Crippen molar-refractivity contribution in [2.75, 3.05) is 20.6 Å². The average molecular weight is 354 g/mol. The first-order valence-corrected chi connectivity index (χ1v) is 8.86. The molecule has 0 saturated heterocycles. The second-order valence-corrected chi connectivity index (χ2v) is 7.91. The summed E-state index contributed by atoms with van der Waals surface area (Å²) in [7, 11) is -0.661. The minimum Gasteiger partial charge on any atom is -0.469 e. The van der Waals surface area contributed by atoms with Gasteiger partial charge in [0.05, 0.1) is 19.6 Å². The Kier molecular flexibility index (Phi) is 4.57. The topological polar surface area (TPSA) is 67.7 Å². The van der Waals surface area contributed by atoms with Crippen molar-refractivity contribution in [1.29, 1.82) is 0 Å². The molecule has 1 atom stereocenters. The van der Waals surface area contributed by atoms with E-state index >= 15 is 0 Å². The Morgan fingerprint density at radius 3 is 2.79 bits per heavy atom. The van der Waals surface area contributed by atoms with Gasteiger partial charge in [-0.15, -0.1) is 0 Å². The Morgan fingerprint density at radius 2 is 2.08 bits per heavy atom. The lowest BCUT2D eigenvalue weighted by Crippen LogP contribution is -2.44. The van der Waals surface area contributed by atoms with Crippen molar-refractivity contribution >= 4 is 10.2 Å². The SMILES string of the molecule is CN(C)S(=O)(=O)N1Cc2cccn2C[C@@H](Oc2ncccc2F)C1. The maximum absolute atomic E-state index is 13.8. The van der Waals surface area contributed by atoms with Crippen LogP contribution < -0.4 is 4.74 Å². The molecule has 0 N–H and O–H groups in total. The van der Waals surface area contributed by atoms with Gasteiger partial charge in [-0.1, -0.05) is 0 Å². The fourth-order valence-corrected chi connectivity index (χ4v) is 3.73. The van der Waals surface area contributed by atoms with Gasteiger partial charge in [0, 0.05) is 32.2 Å². The zero-order valence-electron chi connectivity index (χ0n) is 13.5. The smallest absolute Gasteiger partial charge is 0.281 e. The predicted octanol–water partition coefficient (Wildman–Crippen LogP) is 1.09. The van der Waals surface area contributed by atoms with E-state index < -0.39 is 22.1 Å².